The lowest BCUT2D eigenvalue weighted by Crippen LogP contribution is -2.62. The fourth-order valence-corrected chi connectivity index (χ4v) is 7.25. The summed E-state index contributed by atoms with van der Waals surface area (Å²) in [6.07, 6.45) is 3.65. The van der Waals surface area contributed by atoms with Crippen LogP contribution in [0.15, 0.2) is 36.4 Å². The largest absolute Gasteiger partial charge is 0.496 e. The number of piperidine rings is 2. The molecular weight excluding hydrogens is 538 g/mol. The first kappa shape index (κ1) is 29.9. The van der Waals surface area contributed by atoms with Gasteiger partial charge in [0.2, 0.25) is 0 Å². The Morgan fingerprint density at radius 2 is 1.43 bits per heavy atom. The van der Waals surface area contributed by atoms with E-state index in [4.69, 9.17) is 23.7 Å². The van der Waals surface area contributed by atoms with E-state index in [0.29, 0.717) is 19.3 Å². The van der Waals surface area contributed by atoms with Crippen molar-refractivity contribution in [2.75, 3.05) is 14.2 Å². The molecule has 5 rings (SSSR count). The lowest BCUT2D eigenvalue weighted by molar-refractivity contribution is -0.192. The van der Waals surface area contributed by atoms with Gasteiger partial charge in [-0.15, -0.1) is 0 Å². The third-order valence-corrected chi connectivity index (χ3v) is 8.81. The van der Waals surface area contributed by atoms with E-state index >= 15 is 0 Å². The Kier molecular flexibility index (Phi) is 9.06. The molecule has 0 saturated carbocycles. The number of esters is 3. The topological polar surface area (TPSA) is 101 Å². The summed E-state index contributed by atoms with van der Waals surface area (Å²) in [7, 11) is 3.31. The van der Waals surface area contributed by atoms with Gasteiger partial charge in [-0.25, -0.2) is 0 Å². The molecule has 3 heterocycles. The summed E-state index contributed by atoms with van der Waals surface area (Å²) in [5, 5.41) is 0. The minimum Gasteiger partial charge on any atom is -0.496 e. The van der Waals surface area contributed by atoms with Crippen LogP contribution in [0.3, 0.4) is 0 Å². The summed E-state index contributed by atoms with van der Waals surface area (Å²) in [6.45, 7) is 4.24. The number of carbonyl (C=O) groups excluding carboxylic acids is 3. The van der Waals surface area contributed by atoms with Crippen molar-refractivity contribution in [2.45, 2.75) is 102 Å². The Morgan fingerprint density at radius 1 is 0.762 bits per heavy atom. The molecule has 3 aliphatic heterocycles. The summed E-state index contributed by atoms with van der Waals surface area (Å²) >= 11 is 0. The second-order valence-electron chi connectivity index (χ2n) is 11.6. The number of hydrogen-bond donors (Lipinski definition) is 0. The SMILES string of the molecule is COc1ccc2cc1-c1cc(ccc1OC)[C@H]1C[C@@H](OC(C)=O)[C@H](OC(C)=O)[C@@H]3CCC[C@@H](C[C@H](OC(C)=O)CC2)N13. The maximum atomic E-state index is 12.3. The van der Waals surface area contributed by atoms with Gasteiger partial charge in [0.05, 0.1) is 20.3 Å². The number of hydrogen-bond acceptors (Lipinski definition) is 9. The van der Waals surface area contributed by atoms with Gasteiger partial charge >= 0.3 is 17.9 Å². The molecule has 0 radical (unpaired) electrons. The van der Waals surface area contributed by atoms with Gasteiger partial charge in [-0.3, -0.25) is 19.3 Å². The number of benzene rings is 2. The normalized spacial score (nSPS) is 27.2. The van der Waals surface area contributed by atoms with Gasteiger partial charge < -0.3 is 23.7 Å². The molecule has 4 bridgehead atoms. The molecule has 2 fully saturated rings. The molecule has 226 valence electrons. The van der Waals surface area contributed by atoms with Crippen LogP contribution in [-0.4, -0.2) is 67.4 Å². The molecule has 2 saturated heterocycles. The van der Waals surface area contributed by atoms with Gasteiger partial charge in [-0.1, -0.05) is 18.6 Å². The van der Waals surface area contributed by atoms with Crippen LogP contribution in [0.25, 0.3) is 11.1 Å². The molecule has 0 N–H and O–H groups in total. The summed E-state index contributed by atoms with van der Waals surface area (Å²) in [5.41, 5.74) is 3.96. The van der Waals surface area contributed by atoms with Crippen molar-refractivity contribution in [3.63, 3.8) is 0 Å². The average molecular weight is 580 g/mol. The van der Waals surface area contributed by atoms with E-state index in [1.807, 2.05) is 12.1 Å². The molecule has 0 amide bonds. The van der Waals surface area contributed by atoms with Gasteiger partial charge in [0.1, 0.15) is 23.7 Å². The smallest absolute Gasteiger partial charge is 0.303 e. The minimum atomic E-state index is -0.597. The van der Waals surface area contributed by atoms with Crippen molar-refractivity contribution in [2.24, 2.45) is 0 Å². The molecule has 3 aliphatic rings. The minimum absolute atomic E-state index is 0.0680. The summed E-state index contributed by atoms with van der Waals surface area (Å²) in [6, 6.07) is 12.1. The Hall–Kier alpha value is -3.59. The van der Waals surface area contributed by atoms with Crippen molar-refractivity contribution < 1.29 is 38.1 Å². The maximum Gasteiger partial charge on any atom is 0.303 e. The highest BCUT2D eigenvalue weighted by Crippen LogP contribution is 2.47. The van der Waals surface area contributed by atoms with E-state index in [0.717, 1.165) is 59.4 Å². The zero-order valence-corrected chi connectivity index (χ0v) is 25.1. The molecule has 0 aliphatic carbocycles. The van der Waals surface area contributed by atoms with E-state index < -0.39 is 24.1 Å². The van der Waals surface area contributed by atoms with Gasteiger partial charge in [0.25, 0.3) is 0 Å². The number of nitrogens with zero attached hydrogens (tertiary/aromatic N) is 1. The lowest BCUT2D eigenvalue weighted by atomic mass is 9.78. The molecule has 2 aromatic carbocycles. The van der Waals surface area contributed by atoms with Crippen molar-refractivity contribution in [3.8, 4) is 22.6 Å². The molecule has 6 atom stereocenters. The number of fused-ring (bicyclic) bond motifs is 6. The van der Waals surface area contributed by atoms with Crippen LogP contribution in [0.4, 0.5) is 0 Å². The number of carbonyl (C=O) groups is 3. The Bertz CT molecular complexity index is 1330. The van der Waals surface area contributed by atoms with Crippen LogP contribution in [0.1, 0.15) is 76.5 Å². The first-order valence-corrected chi connectivity index (χ1v) is 14.8. The Morgan fingerprint density at radius 3 is 2.10 bits per heavy atom. The van der Waals surface area contributed by atoms with Crippen LogP contribution in [0, 0.1) is 0 Å². The third kappa shape index (κ3) is 6.26. The highest BCUT2D eigenvalue weighted by molar-refractivity contribution is 5.77. The van der Waals surface area contributed by atoms with Gasteiger partial charge in [-0.2, -0.15) is 0 Å². The molecule has 9 nitrogen and oxygen atoms in total. The van der Waals surface area contributed by atoms with Crippen molar-refractivity contribution in [3.05, 3.63) is 47.5 Å². The monoisotopic (exact) mass is 579 g/mol. The number of aryl methyl sites for hydroxylation is 1. The fourth-order valence-electron chi connectivity index (χ4n) is 7.25. The van der Waals surface area contributed by atoms with Gasteiger partial charge in [-0.05, 0) is 67.5 Å². The Labute approximate surface area is 247 Å². The van der Waals surface area contributed by atoms with Crippen LogP contribution < -0.4 is 9.47 Å². The van der Waals surface area contributed by atoms with Gasteiger partial charge in [0.15, 0.2) is 6.10 Å². The second-order valence-corrected chi connectivity index (χ2v) is 11.6. The molecule has 0 spiro atoms. The highest BCUT2D eigenvalue weighted by atomic mass is 16.6. The first-order chi connectivity index (χ1) is 20.2. The lowest BCUT2D eigenvalue weighted by Gasteiger charge is -2.54. The Balaban J connectivity index is 1.69. The zero-order chi connectivity index (χ0) is 30.0. The van der Waals surface area contributed by atoms with Crippen LogP contribution >= 0.6 is 0 Å². The molecule has 9 heteroatoms. The summed E-state index contributed by atoms with van der Waals surface area (Å²) < 4.78 is 29.2. The standard InChI is InChI=1S/C33H41NO8/c1-19(35)40-25-12-9-22-10-13-30(38-4)26(15-22)27-16-23(11-14-31(27)39-5)29-18-32(41-20(2)36)33(42-21(3)37)28-8-6-7-24(17-25)34(28)29/h10-11,13-16,24-25,28-29,32-33H,6-9,12,17-18H2,1-5H3/t24-,25+,28-,29+,32+,33+/m0/s1. The highest BCUT2D eigenvalue weighted by Gasteiger charge is 2.51. The van der Waals surface area contributed by atoms with E-state index in [9.17, 15) is 14.4 Å². The quantitative estimate of drug-likeness (QED) is 0.351. The van der Waals surface area contributed by atoms with Gasteiger partial charge in [0, 0.05) is 50.4 Å². The van der Waals surface area contributed by atoms with Crippen LogP contribution in [-0.2, 0) is 35.0 Å². The number of methoxy groups -OCH3 is 2. The average Bonchev–Trinajstić information content (AvgIpc) is 2.95. The van der Waals surface area contributed by atoms with E-state index in [2.05, 4.69) is 29.2 Å². The van der Waals surface area contributed by atoms with Crippen molar-refractivity contribution >= 4 is 17.9 Å². The molecule has 0 aromatic heterocycles. The fraction of sp³-hybridized carbons (Fsp3) is 0.545. The predicted octanol–water partition coefficient (Wildman–Crippen LogP) is 5.17. The van der Waals surface area contributed by atoms with E-state index in [-0.39, 0.29) is 30.2 Å². The molecule has 2 aromatic rings. The molecule has 42 heavy (non-hydrogen) atoms. The van der Waals surface area contributed by atoms with Crippen molar-refractivity contribution in [1.82, 2.24) is 4.90 Å². The molecule has 0 unspecified atom stereocenters. The number of ether oxygens (including phenoxy) is 5. The van der Waals surface area contributed by atoms with E-state index in [1.54, 1.807) is 14.2 Å². The van der Waals surface area contributed by atoms with E-state index in [1.165, 1.54) is 20.8 Å². The third-order valence-electron chi connectivity index (χ3n) is 8.81. The summed E-state index contributed by atoms with van der Waals surface area (Å²) in [4.78, 5) is 39.2. The number of rotatable bonds is 5. The molecular formula is C33H41NO8. The van der Waals surface area contributed by atoms with Crippen LogP contribution in [0.5, 0.6) is 11.5 Å². The van der Waals surface area contributed by atoms with Crippen LogP contribution in [0.2, 0.25) is 0 Å². The zero-order valence-electron chi connectivity index (χ0n) is 25.1. The second kappa shape index (κ2) is 12.7. The predicted molar refractivity (Wildman–Crippen MR) is 155 cm³/mol. The summed E-state index contributed by atoms with van der Waals surface area (Å²) in [5.74, 6) is 0.338. The maximum absolute atomic E-state index is 12.3. The van der Waals surface area contributed by atoms with Crippen molar-refractivity contribution in [1.29, 1.82) is 0 Å². The first-order valence-electron chi connectivity index (χ1n) is 14.8.